The number of aromatic amines is 1. The minimum absolute atomic E-state index is 0.143. The Kier molecular flexibility index (Phi) is 6.46. The van der Waals surface area contributed by atoms with Gasteiger partial charge in [0.1, 0.15) is 5.82 Å². The van der Waals surface area contributed by atoms with Gasteiger partial charge in [-0.15, -0.1) is 0 Å². The molecule has 0 bridgehead atoms. The highest BCUT2D eigenvalue weighted by atomic mass is 19.1. The number of nitrogens with zero attached hydrogens (tertiary/aromatic N) is 1. The lowest BCUT2D eigenvalue weighted by Gasteiger charge is -2.19. The van der Waals surface area contributed by atoms with Gasteiger partial charge in [-0.2, -0.15) is 0 Å². The third-order valence-electron chi connectivity index (χ3n) is 4.49. The quantitative estimate of drug-likeness (QED) is 0.522. The van der Waals surface area contributed by atoms with Crippen molar-refractivity contribution in [3.05, 3.63) is 35.8 Å². The number of hydrogen-bond donors (Lipinski definition) is 3. The minimum atomic E-state index is -0.217. The van der Waals surface area contributed by atoms with Crippen molar-refractivity contribution >= 4 is 16.9 Å². The molecular weight excluding hydrogens is 335 g/mol. The van der Waals surface area contributed by atoms with Crippen molar-refractivity contribution in [1.82, 2.24) is 15.6 Å². The fourth-order valence-electron chi connectivity index (χ4n) is 3.07. The summed E-state index contributed by atoms with van der Waals surface area (Å²) in [6, 6.07) is 4.94. The molecular formula is C19H27FN4O2. The molecule has 1 aromatic heterocycles. The molecule has 0 radical (unpaired) electrons. The maximum atomic E-state index is 13.4. The lowest BCUT2D eigenvalue weighted by atomic mass is 10.1. The maximum absolute atomic E-state index is 13.4. The summed E-state index contributed by atoms with van der Waals surface area (Å²) in [6.07, 6.45) is 3.87. The Morgan fingerprint density at radius 1 is 1.50 bits per heavy atom. The van der Waals surface area contributed by atoms with Crippen LogP contribution in [-0.4, -0.2) is 56.5 Å². The predicted octanol–water partition coefficient (Wildman–Crippen LogP) is 2.21. The molecule has 1 aromatic carbocycles. The van der Waals surface area contributed by atoms with Gasteiger partial charge in [0.2, 0.25) is 0 Å². The molecule has 3 rings (SSSR count). The summed E-state index contributed by atoms with van der Waals surface area (Å²) in [4.78, 5) is 7.43. The van der Waals surface area contributed by atoms with Crippen LogP contribution < -0.4 is 10.6 Å². The fourth-order valence-corrected chi connectivity index (χ4v) is 3.07. The largest absolute Gasteiger partial charge is 0.379 e. The number of H-pyrrole nitrogens is 1. The number of fused-ring (bicyclic) bond motifs is 1. The SMILES string of the molecule is CN=C(NCCc1c[nH]c2ccc(F)cc12)NC(C)COC1CCOC1. The molecule has 2 heterocycles. The summed E-state index contributed by atoms with van der Waals surface area (Å²) >= 11 is 0. The van der Waals surface area contributed by atoms with Gasteiger partial charge >= 0.3 is 0 Å². The van der Waals surface area contributed by atoms with E-state index in [2.05, 4.69) is 27.5 Å². The standard InChI is InChI=1S/C19H27FN4O2/c1-13(11-26-16-6-8-25-12-16)24-19(21-2)22-7-5-14-10-23-18-4-3-15(20)9-17(14)18/h3-4,9-10,13,16,23H,5-8,11-12H2,1-2H3,(H2,21,22,24). The van der Waals surface area contributed by atoms with Crippen molar-refractivity contribution in [3.8, 4) is 0 Å². The number of aliphatic imine (C=N–C) groups is 1. The Bertz CT molecular complexity index is 740. The van der Waals surface area contributed by atoms with E-state index in [0.717, 1.165) is 41.9 Å². The lowest BCUT2D eigenvalue weighted by molar-refractivity contribution is 0.0347. The molecule has 0 saturated carbocycles. The highest BCUT2D eigenvalue weighted by Gasteiger charge is 2.17. The third kappa shape index (κ3) is 4.95. The molecule has 1 saturated heterocycles. The Hall–Kier alpha value is -2.12. The summed E-state index contributed by atoms with van der Waals surface area (Å²) < 4.78 is 24.6. The van der Waals surface area contributed by atoms with Crippen molar-refractivity contribution in [3.63, 3.8) is 0 Å². The fraction of sp³-hybridized carbons (Fsp3) is 0.526. The van der Waals surface area contributed by atoms with Gasteiger partial charge in [0.25, 0.3) is 0 Å². The molecule has 1 aliphatic rings. The first kappa shape index (κ1) is 18.7. The molecule has 7 heteroatoms. The molecule has 6 nitrogen and oxygen atoms in total. The highest BCUT2D eigenvalue weighted by molar-refractivity contribution is 5.83. The zero-order valence-electron chi connectivity index (χ0n) is 15.3. The van der Waals surface area contributed by atoms with E-state index in [0.29, 0.717) is 19.8 Å². The number of benzene rings is 1. The van der Waals surface area contributed by atoms with Crippen LogP contribution in [0.25, 0.3) is 10.9 Å². The molecule has 1 aliphatic heterocycles. The van der Waals surface area contributed by atoms with Crippen LogP contribution in [0.5, 0.6) is 0 Å². The van der Waals surface area contributed by atoms with Gasteiger partial charge in [-0.3, -0.25) is 4.99 Å². The van der Waals surface area contributed by atoms with Crippen LogP contribution in [0.1, 0.15) is 18.9 Å². The number of rotatable bonds is 7. The molecule has 2 unspecified atom stereocenters. The molecule has 0 aliphatic carbocycles. The number of nitrogens with one attached hydrogen (secondary N) is 3. The average molecular weight is 362 g/mol. The number of hydrogen-bond acceptors (Lipinski definition) is 3. The first-order valence-corrected chi connectivity index (χ1v) is 9.07. The number of guanidine groups is 1. The normalized spacial score (nSPS) is 19.0. The van der Waals surface area contributed by atoms with E-state index in [9.17, 15) is 4.39 Å². The van der Waals surface area contributed by atoms with Gasteiger partial charge < -0.3 is 25.1 Å². The number of aromatic nitrogens is 1. The van der Waals surface area contributed by atoms with E-state index in [1.165, 1.54) is 6.07 Å². The van der Waals surface area contributed by atoms with Crippen molar-refractivity contribution in [2.75, 3.05) is 33.4 Å². The van der Waals surface area contributed by atoms with E-state index in [-0.39, 0.29) is 18.0 Å². The molecule has 2 aromatic rings. The van der Waals surface area contributed by atoms with E-state index in [1.54, 1.807) is 19.2 Å². The Balaban J connectivity index is 1.44. The number of ether oxygens (including phenoxy) is 2. The van der Waals surface area contributed by atoms with Crippen molar-refractivity contribution in [1.29, 1.82) is 0 Å². The van der Waals surface area contributed by atoms with Crippen molar-refractivity contribution in [2.45, 2.75) is 31.9 Å². The van der Waals surface area contributed by atoms with Gasteiger partial charge in [0, 0.05) is 43.3 Å². The Morgan fingerprint density at radius 2 is 2.38 bits per heavy atom. The molecule has 0 amide bonds. The molecule has 142 valence electrons. The minimum Gasteiger partial charge on any atom is -0.379 e. The first-order valence-electron chi connectivity index (χ1n) is 9.07. The monoisotopic (exact) mass is 362 g/mol. The van der Waals surface area contributed by atoms with Crippen molar-refractivity contribution in [2.24, 2.45) is 4.99 Å². The van der Waals surface area contributed by atoms with E-state index in [1.807, 2.05) is 6.20 Å². The van der Waals surface area contributed by atoms with Gasteiger partial charge in [-0.1, -0.05) is 0 Å². The molecule has 3 N–H and O–H groups in total. The van der Waals surface area contributed by atoms with Gasteiger partial charge in [-0.05, 0) is 43.5 Å². The topological polar surface area (TPSA) is 70.7 Å². The zero-order chi connectivity index (χ0) is 18.4. The van der Waals surface area contributed by atoms with Gasteiger partial charge in [-0.25, -0.2) is 4.39 Å². The first-order chi connectivity index (χ1) is 12.7. The third-order valence-corrected chi connectivity index (χ3v) is 4.49. The average Bonchev–Trinajstić information content (AvgIpc) is 3.29. The maximum Gasteiger partial charge on any atom is 0.191 e. The zero-order valence-corrected chi connectivity index (χ0v) is 15.3. The second kappa shape index (κ2) is 9.00. The summed E-state index contributed by atoms with van der Waals surface area (Å²) in [7, 11) is 1.74. The molecule has 0 spiro atoms. The van der Waals surface area contributed by atoms with Crippen LogP contribution in [0.4, 0.5) is 4.39 Å². The van der Waals surface area contributed by atoms with Crippen LogP contribution in [0, 0.1) is 5.82 Å². The predicted molar refractivity (Wildman–Crippen MR) is 101 cm³/mol. The van der Waals surface area contributed by atoms with Gasteiger partial charge in [0.05, 0.1) is 19.3 Å². The Morgan fingerprint density at radius 3 is 3.15 bits per heavy atom. The molecule has 2 atom stereocenters. The van der Waals surface area contributed by atoms with Crippen molar-refractivity contribution < 1.29 is 13.9 Å². The van der Waals surface area contributed by atoms with E-state index < -0.39 is 0 Å². The molecule has 1 fully saturated rings. The second-order valence-electron chi connectivity index (χ2n) is 6.62. The second-order valence-corrected chi connectivity index (χ2v) is 6.62. The highest BCUT2D eigenvalue weighted by Crippen LogP contribution is 2.19. The van der Waals surface area contributed by atoms with Crippen LogP contribution in [-0.2, 0) is 15.9 Å². The smallest absolute Gasteiger partial charge is 0.191 e. The van der Waals surface area contributed by atoms with E-state index in [4.69, 9.17) is 9.47 Å². The molecule has 26 heavy (non-hydrogen) atoms. The number of halogens is 1. The van der Waals surface area contributed by atoms with E-state index >= 15 is 0 Å². The van der Waals surface area contributed by atoms with Crippen LogP contribution in [0.15, 0.2) is 29.4 Å². The summed E-state index contributed by atoms with van der Waals surface area (Å²) in [5.41, 5.74) is 2.03. The van der Waals surface area contributed by atoms with Crippen LogP contribution in [0.2, 0.25) is 0 Å². The summed E-state index contributed by atoms with van der Waals surface area (Å²) in [6.45, 7) is 4.84. The van der Waals surface area contributed by atoms with Crippen LogP contribution >= 0.6 is 0 Å². The Labute approximate surface area is 153 Å². The summed E-state index contributed by atoms with van der Waals surface area (Å²) in [5.74, 6) is 0.514. The lowest BCUT2D eigenvalue weighted by Crippen LogP contribution is -2.45. The van der Waals surface area contributed by atoms with Crippen LogP contribution in [0.3, 0.4) is 0 Å². The summed E-state index contributed by atoms with van der Waals surface area (Å²) in [5, 5.41) is 7.55. The van der Waals surface area contributed by atoms with Gasteiger partial charge in [0.15, 0.2) is 5.96 Å².